The van der Waals surface area contributed by atoms with Crippen LogP contribution in [0.25, 0.3) is 10.9 Å². The molecule has 3 heterocycles. The third-order valence-electron chi connectivity index (χ3n) is 4.38. The lowest BCUT2D eigenvalue weighted by atomic mass is 9.97. The quantitative estimate of drug-likeness (QED) is 0.798. The number of halogens is 1. The molecule has 1 atom stereocenters. The summed E-state index contributed by atoms with van der Waals surface area (Å²) in [6.45, 7) is 3.37. The second-order valence-corrected chi connectivity index (χ2v) is 6.21. The molecule has 0 amide bonds. The molecule has 5 heteroatoms. The van der Waals surface area contributed by atoms with Gasteiger partial charge in [0.1, 0.15) is 0 Å². The molecule has 0 bridgehead atoms. The van der Waals surface area contributed by atoms with Crippen molar-refractivity contribution in [1.29, 1.82) is 0 Å². The van der Waals surface area contributed by atoms with Crippen LogP contribution < -0.4 is 0 Å². The first-order chi connectivity index (χ1) is 11.3. The van der Waals surface area contributed by atoms with Crippen molar-refractivity contribution in [3.8, 4) is 0 Å². The average Bonchev–Trinajstić information content (AvgIpc) is 3.00. The summed E-state index contributed by atoms with van der Waals surface area (Å²) in [4.78, 5) is 10.1. The first-order valence-corrected chi connectivity index (χ1v) is 8.19. The van der Waals surface area contributed by atoms with Crippen LogP contribution in [0.15, 0.2) is 48.9 Å². The molecular weight excluding hydrogens is 310 g/mol. The van der Waals surface area contributed by atoms with Crippen molar-refractivity contribution in [2.45, 2.75) is 6.04 Å². The number of aromatic amines is 1. The van der Waals surface area contributed by atoms with Crippen LogP contribution in [-0.2, 0) is 4.74 Å². The van der Waals surface area contributed by atoms with Crippen LogP contribution in [0.5, 0.6) is 0 Å². The van der Waals surface area contributed by atoms with Crippen molar-refractivity contribution in [3.05, 3.63) is 65.1 Å². The van der Waals surface area contributed by atoms with E-state index < -0.39 is 0 Å². The monoisotopic (exact) mass is 327 g/mol. The fourth-order valence-electron chi connectivity index (χ4n) is 3.31. The van der Waals surface area contributed by atoms with Crippen LogP contribution in [0.4, 0.5) is 0 Å². The van der Waals surface area contributed by atoms with Crippen molar-refractivity contribution in [3.63, 3.8) is 0 Å². The molecule has 2 aromatic heterocycles. The van der Waals surface area contributed by atoms with Crippen molar-refractivity contribution < 1.29 is 4.74 Å². The lowest BCUT2D eigenvalue weighted by Crippen LogP contribution is -2.39. The van der Waals surface area contributed by atoms with E-state index in [1.165, 1.54) is 16.5 Å². The van der Waals surface area contributed by atoms with E-state index >= 15 is 0 Å². The molecule has 1 N–H and O–H groups in total. The van der Waals surface area contributed by atoms with Gasteiger partial charge in [-0.3, -0.25) is 9.88 Å². The highest BCUT2D eigenvalue weighted by Gasteiger charge is 2.26. The summed E-state index contributed by atoms with van der Waals surface area (Å²) in [5, 5.41) is 1.95. The lowest BCUT2D eigenvalue weighted by molar-refractivity contribution is 0.0241. The van der Waals surface area contributed by atoms with E-state index in [0.29, 0.717) is 0 Å². The molecule has 118 valence electrons. The maximum atomic E-state index is 6.12. The summed E-state index contributed by atoms with van der Waals surface area (Å²) < 4.78 is 5.52. The number of pyridine rings is 1. The van der Waals surface area contributed by atoms with Crippen molar-refractivity contribution in [1.82, 2.24) is 14.9 Å². The van der Waals surface area contributed by atoms with Crippen LogP contribution in [-0.4, -0.2) is 41.2 Å². The Hall–Kier alpha value is -1.88. The van der Waals surface area contributed by atoms with Crippen LogP contribution in [0.3, 0.4) is 0 Å². The molecule has 23 heavy (non-hydrogen) atoms. The topological polar surface area (TPSA) is 41.2 Å². The summed E-state index contributed by atoms with van der Waals surface area (Å²) in [5.74, 6) is 0. The molecule has 0 saturated carbocycles. The number of aromatic nitrogens is 2. The van der Waals surface area contributed by atoms with Crippen LogP contribution in [0, 0.1) is 0 Å². The third kappa shape index (κ3) is 2.85. The second-order valence-electron chi connectivity index (χ2n) is 5.77. The van der Waals surface area contributed by atoms with Crippen LogP contribution >= 0.6 is 11.6 Å². The summed E-state index contributed by atoms with van der Waals surface area (Å²) in [6.07, 6.45) is 5.86. The van der Waals surface area contributed by atoms with E-state index in [2.05, 4.69) is 33.2 Å². The number of ether oxygens (including phenoxy) is 1. The Bertz CT molecular complexity index is 796. The Balaban J connectivity index is 1.83. The van der Waals surface area contributed by atoms with E-state index in [1.54, 1.807) is 0 Å². The highest BCUT2D eigenvalue weighted by molar-refractivity contribution is 6.31. The van der Waals surface area contributed by atoms with E-state index in [0.717, 1.165) is 36.8 Å². The summed E-state index contributed by atoms with van der Waals surface area (Å²) >= 11 is 6.12. The second kappa shape index (κ2) is 6.32. The minimum absolute atomic E-state index is 0.169. The lowest BCUT2D eigenvalue weighted by Gasteiger charge is -2.34. The average molecular weight is 328 g/mol. The highest BCUT2D eigenvalue weighted by atomic mass is 35.5. The summed E-state index contributed by atoms with van der Waals surface area (Å²) in [7, 11) is 0. The number of fused-ring (bicyclic) bond motifs is 1. The van der Waals surface area contributed by atoms with Gasteiger partial charge in [-0.05, 0) is 29.3 Å². The molecule has 0 aliphatic carbocycles. The molecule has 0 radical (unpaired) electrons. The zero-order chi connectivity index (χ0) is 15.6. The van der Waals surface area contributed by atoms with E-state index in [4.69, 9.17) is 16.3 Å². The van der Waals surface area contributed by atoms with Crippen LogP contribution in [0.1, 0.15) is 17.2 Å². The van der Waals surface area contributed by atoms with Gasteiger partial charge >= 0.3 is 0 Å². The number of rotatable bonds is 3. The SMILES string of the molecule is Clc1ccc2c(C(c3cccnc3)N3CCOCC3)c[nH]c2c1. The van der Waals surface area contributed by atoms with E-state index in [9.17, 15) is 0 Å². The molecule has 3 aromatic rings. The fraction of sp³-hybridized carbons (Fsp3) is 0.278. The Morgan fingerprint density at radius 2 is 2.09 bits per heavy atom. The molecule has 0 spiro atoms. The van der Waals surface area contributed by atoms with Gasteiger partial charge in [-0.1, -0.05) is 23.7 Å². The van der Waals surface area contributed by atoms with Crippen molar-refractivity contribution in [2.24, 2.45) is 0 Å². The fourth-order valence-corrected chi connectivity index (χ4v) is 3.48. The minimum atomic E-state index is 0.169. The number of benzene rings is 1. The van der Waals surface area contributed by atoms with E-state index in [1.807, 2.05) is 30.6 Å². The summed E-state index contributed by atoms with van der Waals surface area (Å²) in [5.41, 5.74) is 3.52. The number of hydrogen-bond acceptors (Lipinski definition) is 3. The predicted molar refractivity (Wildman–Crippen MR) is 91.8 cm³/mol. The minimum Gasteiger partial charge on any atom is -0.379 e. The molecule has 1 saturated heterocycles. The Morgan fingerprint density at radius 3 is 2.87 bits per heavy atom. The normalized spacial score (nSPS) is 17.4. The van der Waals surface area contributed by atoms with Gasteiger partial charge in [-0.15, -0.1) is 0 Å². The largest absolute Gasteiger partial charge is 0.379 e. The van der Waals surface area contributed by atoms with Gasteiger partial charge in [0.15, 0.2) is 0 Å². The Kier molecular flexibility index (Phi) is 4.04. The molecule has 4 rings (SSSR count). The number of nitrogens with zero attached hydrogens (tertiary/aromatic N) is 2. The molecule has 1 aromatic carbocycles. The third-order valence-corrected chi connectivity index (χ3v) is 4.62. The highest BCUT2D eigenvalue weighted by Crippen LogP contribution is 2.34. The van der Waals surface area contributed by atoms with Crippen molar-refractivity contribution in [2.75, 3.05) is 26.3 Å². The van der Waals surface area contributed by atoms with Gasteiger partial charge in [0.2, 0.25) is 0 Å². The van der Waals surface area contributed by atoms with Gasteiger partial charge in [0.25, 0.3) is 0 Å². The number of H-pyrrole nitrogens is 1. The van der Waals surface area contributed by atoms with Gasteiger partial charge in [0, 0.05) is 47.6 Å². The van der Waals surface area contributed by atoms with Gasteiger partial charge < -0.3 is 9.72 Å². The first-order valence-electron chi connectivity index (χ1n) is 7.81. The summed E-state index contributed by atoms with van der Waals surface area (Å²) in [6, 6.07) is 10.3. The molecule has 1 fully saturated rings. The smallest absolute Gasteiger partial charge is 0.0639 e. The first kappa shape index (κ1) is 14.7. The molecule has 1 aliphatic heterocycles. The number of hydrogen-bond donors (Lipinski definition) is 1. The Labute approximate surface area is 140 Å². The maximum absolute atomic E-state index is 6.12. The van der Waals surface area contributed by atoms with Gasteiger partial charge in [-0.25, -0.2) is 0 Å². The number of nitrogens with one attached hydrogen (secondary N) is 1. The maximum Gasteiger partial charge on any atom is 0.0639 e. The van der Waals surface area contributed by atoms with Crippen LogP contribution in [0.2, 0.25) is 5.02 Å². The van der Waals surface area contributed by atoms with Crippen molar-refractivity contribution >= 4 is 22.5 Å². The Morgan fingerprint density at radius 1 is 1.22 bits per heavy atom. The molecule has 4 nitrogen and oxygen atoms in total. The predicted octanol–water partition coefficient (Wildman–Crippen LogP) is 3.64. The zero-order valence-electron chi connectivity index (χ0n) is 12.7. The molecule has 1 unspecified atom stereocenters. The van der Waals surface area contributed by atoms with Gasteiger partial charge in [0.05, 0.1) is 19.3 Å². The number of morpholine rings is 1. The molecular formula is C18H18ClN3O. The zero-order valence-corrected chi connectivity index (χ0v) is 13.5. The molecule has 1 aliphatic rings. The standard InChI is InChI=1S/C18H18ClN3O/c19-14-3-4-15-16(12-21-17(15)10-14)18(13-2-1-5-20-11-13)22-6-8-23-9-7-22/h1-5,10-12,18,21H,6-9H2. The van der Waals surface area contributed by atoms with Gasteiger partial charge in [-0.2, -0.15) is 0 Å². The van der Waals surface area contributed by atoms with E-state index in [-0.39, 0.29) is 6.04 Å².